The lowest BCUT2D eigenvalue weighted by Crippen LogP contribution is -2.35. The van der Waals surface area contributed by atoms with Gasteiger partial charge in [-0.3, -0.25) is 4.79 Å². The van der Waals surface area contributed by atoms with Crippen LogP contribution in [0.2, 0.25) is 0 Å². The molecule has 1 aliphatic heterocycles. The maximum absolute atomic E-state index is 12.7. The Morgan fingerprint density at radius 2 is 2.00 bits per heavy atom. The number of hydrogen-bond acceptors (Lipinski definition) is 10. The van der Waals surface area contributed by atoms with Crippen LogP contribution in [0.5, 0.6) is 5.75 Å². The Labute approximate surface area is 221 Å². The highest BCUT2D eigenvalue weighted by Crippen LogP contribution is 2.34. The van der Waals surface area contributed by atoms with Crippen LogP contribution in [-0.2, 0) is 19.1 Å². The second-order valence-corrected chi connectivity index (χ2v) is 9.41. The van der Waals surface area contributed by atoms with Gasteiger partial charge in [0.25, 0.3) is 5.91 Å². The molecule has 2 heterocycles. The first-order valence-electron chi connectivity index (χ1n) is 12.3. The van der Waals surface area contributed by atoms with Crippen LogP contribution in [0.1, 0.15) is 39.7 Å². The second-order valence-electron chi connectivity index (χ2n) is 9.41. The van der Waals surface area contributed by atoms with Crippen molar-refractivity contribution in [2.45, 2.75) is 39.7 Å². The predicted molar refractivity (Wildman–Crippen MR) is 143 cm³/mol. The van der Waals surface area contributed by atoms with Gasteiger partial charge < -0.3 is 35.1 Å². The van der Waals surface area contributed by atoms with E-state index in [0.29, 0.717) is 53.7 Å². The maximum atomic E-state index is 12.7. The number of esters is 1. The van der Waals surface area contributed by atoms with Gasteiger partial charge in [0.2, 0.25) is 0 Å². The fourth-order valence-corrected chi connectivity index (χ4v) is 3.43. The lowest BCUT2D eigenvalue weighted by Gasteiger charge is -2.24. The van der Waals surface area contributed by atoms with E-state index in [1.54, 1.807) is 44.4 Å². The average Bonchev–Trinajstić information content (AvgIpc) is 3.19. The van der Waals surface area contributed by atoms with Crippen LogP contribution < -0.4 is 20.7 Å². The van der Waals surface area contributed by atoms with Crippen LogP contribution in [0.3, 0.4) is 0 Å². The summed E-state index contributed by atoms with van der Waals surface area (Å²) >= 11 is 0. The molecule has 1 aliphatic rings. The van der Waals surface area contributed by atoms with Gasteiger partial charge >= 0.3 is 12.1 Å². The van der Waals surface area contributed by atoms with Crippen molar-refractivity contribution in [1.29, 1.82) is 0 Å². The average molecular weight is 527 g/mol. The van der Waals surface area contributed by atoms with E-state index < -0.39 is 11.6 Å². The molecule has 1 aromatic carbocycles. The molecule has 0 unspecified atom stereocenters. The van der Waals surface area contributed by atoms with Crippen molar-refractivity contribution < 1.29 is 28.6 Å². The number of carbonyl (C=O) groups excluding carboxylic acids is 3. The third kappa shape index (κ3) is 8.08. The van der Waals surface area contributed by atoms with Gasteiger partial charge in [0, 0.05) is 38.1 Å². The number of nitrogens with one attached hydrogen (secondary N) is 3. The zero-order chi connectivity index (χ0) is 27.7. The highest BCUT2D eigenvalue weighted by Gasteiger charge is 2.29. The first kappa shape index (κ1) is 28.2. The summed E-state index contributed by atoms with van der Waals surface area (Å²) < 4.78 is 15.7. The van der Waals surface area contributed by atoms with E-state index in [9.17, 15) is 14.4 Å². The first-order valence-corrected chi connectivity index (χ1v) is 12.3. The Morgan fingerprint density at radius 1 is 1.21 bits per heavy atom. The molecule has 0 bridgehead atoms. The van der Waals surface area contributed by atoms with Gasteiger partial charge in [0.1, 0.15) is 29.3 Å². The first-order chi connectivity index (χ1) is 18.1. The molecule has 3 N–H and O–H groups in total. The van der Waals surface area contributed by atoms with Crippen LogP contribution in [0.15, 0.2) is 36.8 Å². The number of aromatic nitrogens is 2. The molecule has 2 aromatic rings. The minimum atomic E-state index is -0.557. The summed E-state index contributed by atoms with van der Waals surface area (Å²) in [6.45, 7) is 8.26. The zero-order valence-corrected chi connectivity index (χ0v) is 22.3. The van der Waals surface area contributed by atoms with Crippen molar-refractivity contribution in [3.8, 4) is 5.75 Å². The molecule has 204 valence electrons. The summed E-state index contributed by atoms with van der Waals surface area (Å²) in [7, 11) is 1.68. The van der Waals surface area contributed by atoms with Crippen molar-refractivity contribution in [3.63, 3.8) is 0 Å². The van der Waals surface area contributed by atoms with E-state index in [-0.39, 0.29) is 25.2 Å². The fourth-order valence-electron chi connectivity index (χ4n) is 3.43. The molecule has 12 heteroatoms. The van der Waals surface area contributed by atoms with Crippen molar-refractivity contribution in [3.05, 3.63) is 42.4 Å². The van der Waals surface area contributed by atoms with Crippen molar-refractivity contribution in [2.24, 2.45) is 0 Å². The molecule has 0 fully saturated rings. The van der Waals surface area contributed by atoms with E-state index in [4.69, 9.17) is 14.2 Å². The van der Waals surface area contributed by atoms with E-state index in [2.05, 4.69) is 25.9 Å². The number of rotatable bonds is 11. The molecule has 2 amide bonds. The number of fused-ring (bicyclic) bond motifs is 1. The molecular formula is C26H34N6O6. The summed E-state index contributed by atoms with van der Waals surface area (Å²) in [4.78, 5) is 46.3. The van der Waals surface area contributed by atoms with E-state index in [0.717, 1.165) is 0 Å². The SMILES string of the molecule is CCOC(=O)COc1cccc(N/C=C2\C(=O)Nc3ncnc(NCCCN(C)C(=O)OC(C)(C)C)c32)c1. The molecule has 0 atom stereocenters. The Bertz CT molecular complexity index is 1190. The molecule has 0 spiro atoms. The van der Waals surface area contributed by atoms with Gasteiger partial charge in [-0.2, -0.15) is 0 Å². The normalized spacial score (nSPS) is 13.4. The molecule has 0 radical (unpaired) electrons. The van der Waals surface area contributed by atoms with Crippen LogP contribution in [0, 0.1) is 0 Å². The quantitative estimate of drug-likeness (QED) is 0.226. The number of amides is 2. The minimum absolute atomic E-state index is 0.200. The van der Waals surface area contributed by atoms with Gasteiger partial charge in [-0.25, -0.2) is 19.6 Å². The van der Waals surface area contributed by atoms with Crippen molar-refractivity contribution >= 4 is 40.9 Å². The third-order valence-electron chi connectivity index (χ3n) is 5.14. The summed E-state index contributed by atoms with van der Waals surface area (Å²) in [5, 5.41) is 9.06. The number of carbonyl (C=O) groups is 3. The molecule has 0 saturated carbocycles. The van der Waals surface area contributed by atoms with Crippen molar-refractivity contribution in [1.82, 2.24) is 14.9 Å². The maximum Gasteiger partial charge on any atom is 0.410 e. The third-order valence-corrected chi connectivity index (χ3v) is 5.14. The smallest absolute Gasteiger partial charge is 0.410 e. The molecule has 1 aromatic heterocycles. The van der Waals surface area contributed by atoms with Crippen LogP contribution >= 0.6 is 0 Å². The monoisotopic (exact) mass is 526 g/mol. The number of nitrogens with zero attached hydrogens (tertiary/aromatic N) is 3. The number of ether oxygens (including phenoxy) is 3. The van der Waals surface area contributed by atoms with Crippen molar-refractivity contribution in [2.75, 3.05) is 49.3 Å². The van der Waals surface area contributed by atoms with Gasteiger partial charge in [0.15, 0.2) is 6.61 Å². The standard InChI is InChI=1S/C26H34N6O6/c1-6-36-20(33)15-37-18-10-7-9-17(13-18)28-14-19-21-22(29-16-30-23(21)31-24(19)34)27-11-8-12-32(5)25(35)38-26(2,3)4/h7,9-10,13-14,16,28H,6,8,11-12,15H2,1-5H3,(H2,27,29,30,31,34)/b19-14-. The molecule has 0 aliphatic carbocycles. The number of hydrogen-bond donors (Lipinski definition) is 3. The zero-order valence-electron chi connectivity index (χ0n) is 22.3. The van der Waals surface area contributed by atoms with Crippen LogP contribution in [0.25, 0.3) is 5.57 Å². The van der Waals surface area contributed by atoms with Gasteiger partial charge in [-0.05, 0) is 46.2 Å². The fraction of sp³-hybridized carbons (Fsp3) is 0.423. The van der Waals surface area contributed by atoms with Crippen LogP contribution in [0.4, 0.5) is 22.1 Å². The molecule has 3 rings (SSSR count). The molecule has 38 heavy (non-hydrogen) atoms. The Morgan fingerprint density at radius 3 is 2.74 bits per heavy atom. The van der Waals surface area contributed by atoms with E-state index in [1.807, 2.05) is 20.8 Å². The van der Waals surface area contributed by atoms with Gasteiger partial charge in [-0.1, -0.05) is 6.07 Å². The topological polar surface area (TPSA) is 144 Å². The highest BCUT2D eigenvalue weighted by molar-refractivity contribution is 6.32. The molecule has 0 saturated heterocycles. The minimum Gasteiger partial charge on any atom is -0.482 e. The number of benzene rings is 1. The number of anilines is 3. The Hall–Kier alpha value is -4.35. The van der Waals surface area contributed by atoms with E-state index in [1.165, 1.54) is 11.2 Å². The van der Waals surface area contributed by atoms with Gasteiger partial charge in [-0.15, -0.1) is 0 Å². The largest absolute Gasteiger partial charge is 0.482 e. The lowest BCUT2D eigenvalue weighted by atomic mass is 10.1. The Balaban J connectivity index is 1.63. The summed E-state index contributed by atoms with van der Waals surface area (Å²) in [5.74, 6) is 0.588. The lowest BCUT2D eigenvalue weighted by molar-refractivity contribution is -0.145. The van der Waals surface area contributed by atoms with Gasteiger partial charge in [0.05, 0.1) is 17.7 Å². The summed E-state index contributed by atoms with van der Waals surface area (Å²) in [6.07, 6.45) is 3.18. The molecule has 12 nitrogen and oxygen atoms in total. The van der Waals surface area contributed by atoms with E-state index >= 15 is 0 Å². The molecular weight excluding hydrogens is 492 g/mol. The second kappa shape index (κ2) is 12.7. The van der Waals surface area contributed by atoms with Crippen LogP contribution in [-0.4, -0.2) is 71.8 Å². The Kier molecular flexibility index (Phi) is 9.47. The summed E-state index contributed by atoms with van der Waals surface area (Å²) in [5.41, 5.74) is 0.988. The summed E-state index contributed by atoms with van der Waals surface area (Å²) in [6, 6.07) is 6.97. The predicted octanol–water partition coefficient (Wildman–Crippen LogP) is 3.49. The highest BCUT2D eigenvalue weighted by atomic mass is 16.6.